The minimum absolute atomic E-state index is 0.126. The summed E-state index contributed by atoms with van der Waals surface area (Å²) in [6.45, 7) is 1.43. The molecule has 3 rings (SSSR count). The molecule has 0 heterocycles. The molecule has 0 fully saturated rings. The Bertz CT molecular complexity index is 1080. The lowest BCUT2D eigenvalue weighted by Crippen LogP contribution is -2.37. The fraction of sp³-hybridized carbons (Fsp3) is 0.150. The Morgan fingerprint density at radius 1 is 1.00 bits per heavy atom. The Labute approximate surface area is 157 Å². The number of sulfonamides is 1. The lowest BCUT2D eigenvalue weighted by molar-refractivity contribution is -0.116. The lowest BCUT2D eigenvalue weighted by Gasteiger charge is -2.20. The van der Waals surface area contributed by atoms with Crippen LogP contribution in [0.1, 0.15) is 6.92 Å². The first-order chi connectivity index (χ1) is 12.9. The molecule has 3 aromatic carbocycles. The molecular weight excluding hydrogens is 367 g/mol. The van der Waals surface area contributed by atoms with E-state index in [2.05, 4.69) is 5.32 Å². The van der Waals surface area contributed by atoms with Gasteiger partial charge in [-0.25, -0.2) is 12.8 Å². The summed E-state index contributed by atoms with van der Waals surface area (Å²) in [6.07, 6.45) is 0. The molecule has 0 radical (unpaired) electrons. The van der Waals surface area contributed by atoms with Crippen molar-refractivity contribution in [3.8, 4) is 0 Å². The number of hydrogen-bond donors (Lipinski definition) is 1. The third-order valence-electron chi connectivity index (χ3n) is 4.14. The summed E-state index contributed by atoms with van der Waals surface area (Å²) in [5.74, 6) is -1.02. The highest BCUT2D eigenvalue weighted by molar-refractivity contribution is 7.89. The standard InChI is InChI=1S/C20H19FN2O3S/c1-2-23(14-20(24)22-18-9-5-8-17(21)13-18)27(25,26)19-11-10-15-6-3-4-7-16(15)12-19/h3-13H,2,14H2,1H3,(H,22,24). The largest absolute Gasteiger partial charge is 0.325 e. The number of halogens is 1. The molecule has 0 bridgehead atoms. The third kappa shape index (κ3) is 4.32. The zero-order chi connectivity index (χ0) is 19.4. The molecule has 5 nitrogen and oxygen atoms in total. The smallest absolute Gasteiger partial charge is 0.243 e. The predicted molar refractivity (Wildman–Crippen MR) is 103 cm³/mol. The summed E-state index contributed by atoms with van der Waals surface area (Å²) < 4.78 is 40.2. The number of nitrogens with one attached hydrogen (secondary N) is 1. The molecule has 140 valence electrons. The summed E-state index contributed by atoms with van der Waals surface area (Å²) in [5, 5.41) is 4.25. The van der Waals surface area contributed by atoms with Crippen LogP contribution >= 0.6 is 0 Å². The number of amides is 1. The van der Waals surface area contributed by atoms with Crippen LogP contribution in [0.4, 0.5) is 10.1 Å². The number of nitrogens with zero attached hydrogens (tertiary/aromatic N) is 1. The highest BCUT2D eigenvalue weighted by Crippen LogP contribution is 2.22. The van der Waals surface area contributed by atoms with E-state index in [1.54, 1.807) is 19.1 Å². The normalized spacial score (nSPS) is 11.7. The van der Waals surface area contributed by atoms with Gasteiger partial charge in [0.15, 0.2) is 0 Å². The van der Waals surface area contributed by atoms with Crippen LogP contribution in [-0.4, -0.2) is 31.7 Å². The molecule has 0 aromatic heterocycles. The second kappa shape index (κ2) is 7.85. The van der Waals surface area contributed by atoms with Gasteiger partial charge in [0.2, 0.25) is 15.9 Å². The average molecular weight is 386 g/mol. The highest BCUT2D eigenvalue weighted by Gasteiger charge is 2.25. The van der Waals surface area contributed by atoms with Crippen molar-refractivity contribution in [3.05, 3.63) is 72.5 Å². The maximum Gasteiger partial charge on any atom is 0.243 e. The Balaban J connectivity index is 1.81. The summed E-state index contributed by atoms with van der Waals surface area (Å²) in [7, 11) is -3.84. The quantitative estimate of drug-likeness (QED) is 0.704. The maximum absolute atomic E-state index is 13.2. The fourth-order valence-corrected chi connectivity index (χ4v) is 4.21. The van der Waals surface area contributed by atoms with Crippen molar-refractivity contribution in [2.75, 3.05) is 18.4 Å². The van der Waals surface area contributed by atoms with E-state index in [9.17, 15) is 17.6 Å². The van der Waals surface area contributed by atoms with E-state index in [-0.39, 0.29) is 23.7 Å². The first-order valence-corrected chi connectivity index (χ1v) is 9.88. The molecule has 0 saturated carbocycles. The fourth-order valence-electron chi connectivity index (χ4n) is 2.77. The van der Waals surface area contributed by atoms with Crippen LogP contribution in [0.3, 0.4) is 0 Å². The molecule has 0 unspecified atom stereocenters. The molecule has 0 saturated heterocycles. The van der Waals surface area contributed by atoms with Gasteiger partial charge in [-0.3, -0.25) is 4.79 Å². The van der Waals surface area contributed by atoms with E-state index in [0.717, 1.165) is 15.1 Å². The molecule has 3 aromatic rings. The van der Waals surface area contributed by atoms with Gasteiger partial charge in [0, 0.05) is 12.2 Å². The van der Waals surface area contributed by atoms with Crippen molar-refractivity contribution < 1.29 is 17.6 Å². The number of rotatable bonds is 6. The van der Waals surface area contributed by atoms with Crippen LogP contribution in [0, 0.1) is 5.82 Å². The number of fused-ring (bicyclic) bond motifs is 1. The molecule has 0 aliphatic carbocycles. The van der Waals surface area contributed by atoms with Crippen molar-refractivity contribution in [2.45, 2.75) is 11.8 Å². The number of carbonyl (C=O) groups is 1. The molecule has 7 heteroatoms. The lowest BCUT2D eigenvalue weighted by atomic mass is 10.1. The van der Waals surface area contributed by atoms with Gasteiger partial charge < -0.3 is 5.32 Å². The summed E-state index contributed by atoms with van der Waals surface area (Å²) >= 11 is 0. The maximum atomic E-state index is 13.2. The van der Waals surface area contributed by atoms with Crippen molar-refractivity contribution >= 4 is 32.4 Å². The van der Waals surface area contributed by atoms with E-state index in [4.69, 9.17) is 0 Å². The number of carbonyl (C=O) groups excluding carboxylic acids is 1. The Morgan fingerprint density at radius 2 is 1.74 bits per heavy atom. The monoisotopic (exact) mass is 386 g/mol. The molecule has 0 spiro atoms. The number of likely N-dealkylation sites (N-methyl/N-ethyl adjacent to an activating group) is 1. The number of hydrogen-bond acceptors (Lipinski definition) is 3. The van der Waals surface area contributed by atoms with Crippen LogP contribution in [-0.2, 0) is 14.8 Å². The van der Waals surface area contributed by atoms with E-state index in [1.165, 1.54) is 30.3 Å². The minimum Gasteiger partial charge on any atom is -0.325 e. The highest BCUT2D eigenvalue weighted by atomic mass is 32.2. The van der Waals surface area contributed by atoms with Crippen LogP contribution < -0.4 is 5.32 Å². The first-order valence-electron chi connectivity index (χ1n) is 8.44. The number of anilines is 1. The van der Waals surface area contributed by atoms with Gasteiger partial charge in [0.05, 0.1) is 11.4 Å². The molecule has 0 aliphatic heterocycles. The van der Waals surface area contributed by atoms with E-state index >= 15 is 0 Å². The van der Waals surface area contributed by atoms with Crippen molar-refractivity contribution in [3.63, 3.8) is 0 Å². The van der Waals surface area contributed by atoms with Gasteiger partial charge in [0.1, 0.15) is 5.82 Å². The van der Waals surface area contributed by atoms with E-state index < -0.39 is 21.7 Å². The molecule has 1 amide bonds. The summed E-state index contributed by atoms with van der Waals surface area (Å²) in [4.78, 5) is 12.4. The van der Waals surface area contributed by atoms with Gasteiger partial charge in [-0.05, 0) is 41.1 Å². The summed E-state index contributed by atoms with van der Waals surface area (Å²) in [5.41, 5.74) is 0.277. The molecule has 0 atom stereocenters. The van der Waals surface area contributed by atoms with Gasteiger partial charge in [0.25, 0.3) is 0 Å². The van der Waals surface area contributed by atoms with Crippen LogP contribution in [0.15, 0.2) is 71.6 Å². The number of benzene rings is 3. The zero-order valence-electron chi connectivity index (χ0n) is 14.7. The van der Waals surface area contributed by atoms with E-state index in [0.29, 0.717) is 0 Å². The second-order valence-corrected chi connectivity index (χ2v) is 7.94. The predicted octanol–water partition coefficient (Wildman–Crippen LogP) is 3.63. The summed E-state index contributed by atoms with van der Waals surface area (Å²) in [6, 6.07) is 17.8. The van der Waals surface area contributed by atoms with Crippen molar-refractivity contribution in [2.24, 2.45) is 0 Å². The van der Waals surface area contributed by atoms with Gasteiger partial charge in [-0.2, -0.15) is 4.31 Å². The van der Waals surface area contributed by atoms with Gasteiger partial charge in [-0.15, -0.1) is 0 Å². The van der Waals surface area contributed by atoms with Gasteiger partial charge >= 0.3 is 0 Å². The van der Waals surface area contributed by atoms with Gasteiger partial charge in [-0.1, -0.05) is 43.3 Å². The average Bonchev–Trinajstić information content (AvgIpc) is 2.65. The molecule has 1 N–H and O–H groups in total. The van der Waals surface area contributed by atoms with Crippen LogP contribution in [0.2, 0.25) is 0 Å². The Hall–Kier alpha value is -2.77. The van der Waals surface area contributed by atoms with E-state index in [1.807, 2.05) is 24.3 Å². The zero-order valence-corrected chi connectivity index (χ0v) is 15.5. The Morgan fingerprint density at radius 3 is 2.44 bits per heavy atom. The SMILES string of the molecule is CCN(CC(=O)Nc1cccc(F)c1)S(=O)(=O)c1ccc2ccccc2c1. The molecule has 0 aliphatic rings. The van der Waals surface area contributed by atoms with Crippen molar-refractivity contribution in [1.29, 1.82) is 0 Å². The first kappa shape index (κ1) is 19.0. The van der Waals surface area contributed by atoms with Crippen LogP contribution in [0.25, 0.3) is 10.8 Å². The molecule has 27 heavy (non-hydrogen) atoms. The Kier molecular flexibility index (Phi) is 5.53. The van der Waals surface area contributed by atoms with Crippen LogP contribution in [0.5, 0.6) is 0 Å². The molecular formula is C20H19FN2O3S. The third-order valence-corrected chi connectivity index (χ3v) is 6.06. The second-order valence-electron chi connectivity index (χ2n) is 6.00. The minimum atomic E-state index is -3.84. The topological polar surface area (TPSA) is 66.5 Å². The van der Waals surface area contributed by atoms with Crippen molar-refractivity contribution in [1.82, 2.24) is 4.31 Å².